The maximum Gasteiger partial charge on any atom is 0.337 e. The molecule has 35 heavy (non-hydrogen) atoms. The van der Waals surface area contributed by atoms with E-state index in [-0.39, 0.29) is 12.2 Å². The van der Waals surface area contributed by atoms with Gasteiger partial charge in [-0.05, 0) is 48.2 Å². The van der Waals surface area contributed by atoms with Crippen LogP contribution in [-0.4, -0.2) is 37.9 Å². The molecule has 4 aromatic rings. The monoisotopic (exact) mass is 494 g/mol. The van der Waals surface area contributed by atoms with E-state index in [2.05, 4.69) is 46.1 Å². The normalized spacial score (nSPS) is 11.2. The summed E-state index contributed by atoms with van der Waals surface area (Å²) in [5.41, 5.74) is 2.62. The third kappa shape index (κ3) is 5.29. The number of thioether (sulfide) groups is 1. The first-order valence-electron chi connectivity index (χ1n) is 10.9. The van der Waals surface area contributed by atoms with Gasteiger partial charge in [0.15, 0.2) is 5.82 Å². The first-order chi connectivity index (χ1) is 16.8. The Labute approximate surface area is 205 Å². The van der Waals surface area contributed by atoms with Crippen molar-refractivity contribution in [3.8, 4) is 5.75 Å². The van der Waals surface area contributed by atoms with E-state index in [1.165, 1.54) is 35.7 Å². The summed E-state index contributed by atoms with van der Waals surface area (Å²) in [6.07, 6.45) is 0. The highest BCUT2D eigenvalue weighted by atomic mass is 32.2. The molecular weight excluding hydrogens is 468 g/mol. The lowest BCUT2D eigenvalue weighted by Gasteiger charge is -2.14. The number of nitrogens with zero attached hydrogens (tertiary/aromatic N) is 4. The fourth-order valence-electron chi connectivity index (χ4n) is 3.52. The molecule has 0 saturated carbocycles. The molecule has 0 fully saturated rings. The number of ether oxygens (including phenoxy) is 2. The van der Waals surface area contributed by atoms with E-state index < -0.39 is 5.97 Å². The molecular formula is C24H26N6O4S. The first kappa shape index (κ1) is 24.3. The zero-order chi connectivity index (χ0) is 25.1. The molecule has 0 radical (unpaired) electrons. The molecule has 0 aliphatic heterocycles. The van der Waals surface area contributed by atoms with Crippen molar-refractivity contribution in [1.82, 2.24) is 24.8 Å². The van der Waals surface area contributed by atoms with Gasteiger partial charge in [-0.15, -0.1) is 10.2 Å². The van der Waals surface area contributed by atoms with Crippen molar-refractivity contribution in [2.45, 2.75) is 44.2 Å². The van der Waals surface area contributed by atoms with Crippen molar-refractivity contribution in [3.05, 3.63) is 75.1 Å². The molecule has 0 spiro atoms. The minimum absolute atomic E-state index is 0.161. The lowest BCUT2D eigenvalue weighted by Crippen LogP contribution is -2.16. The summed E-state index contributed by atoms with van der Waals surface area (Å²) in [4.78, 5) is 31.5. The highest BCUT2D eigenvalue weighted by Crippen LogP contribution is 2.28. The Bertz CT molecular complexity index is 1450. The zero-order valence-corrected chi connectivity index (χ0v) is 20.7. The van der Waals surface area contributed by atoms with Gasteiger partial charge < -0.3 is 20.3 Å². The van der Waals surface area contributed by atoms with Gasteiger partial charge in [-0.2, -0.15) is 0 Å². The Morgan fingerprint density at radius 3 is 2.74 bits per heavy atom. The van der Waals surface area contributed by atoms with E-state index in [9.17, 15) is 9.59 Å². The molecule has 0 bridgehead atoms. The average molecular weight is 495 g/mol. The molecule has 11 heteroatoms. The number of rotatable bonds is 8. The molecule has 2 heterocycles. The van der Waals surface area contributed by atoms with E-state index in [1.807, 2.05) is 13.0 Å². The van der Waals surface area contributed by atoms with Gasteiger partial charge in [0.2, 0.25) is 5.16 Å². The van der Waals surface area contributed by atoms with Crippen LogP contribution in [0.2, 0.25) is 0 Å². The molecule has 3 N–H and O–H groups in total. The first-order valence-corrected chi connectivity index (χ1v) is 11.9. The minimum Gasteiger partial charge on any atom is -0.485 e. The second-order valence-corrected chi connectivity index (χ2v) is 9.22. The van der Waals surface area contributed by atoms with E-state index in [1.54, 1.807) is 6.07 Å². The van der Waals surface area contributed by atoms with Gasteiger partial charge in [0.05, 0.1) is 29.3 Å². The number of aromatic amines is 1. The molecule has 0 amide bonds. The van der Waals surface area contributed by atoms with Crippen LogP contribution >= 0.6 is 11.8 Å². The number of esters is 1. The van der Waals surface area contributed by atoms with Crippen LogP contribution in [0.4, 0.5) is 0 Å². The lowest BCUT2D eigenvalue weighted by atomic mass is 10.0. The molecule has 10 nitrogen and oxygen atoms in total. The van der Waals surface area contributed by atoms with Gasteiger partial charge in [0.25, 0.3) is 5.56 Å². The second-order valence-electron chi connectivity index (χ2n) is 8.28. The van der Waals surface area contributed by atoms with E-state index in [0.717, 1.165) is 16.9 Å². The Kier molecular flexibility index (Phi) is 7.06. The van der Waals surface area contributed by atoms with E-state index in [0.29, 0.717) is 44.9 Å². The van der Waals surface area contributed by atoms with Crippen molar-refractivity contribution in [3.63, 3.8) is 0 Å². The molecule has 0 saturated heterocycles. The van der Waals surface area contributed by atoms with Crippen LogP contribution in [-0.2, 0) is 17.1 Å². The van der Waals surface area contributed by atoms with Crippen LogP contribution in [0.3, 0.4) is 0 Å². The Morgan fingerprint density at radius 1 is 1.20 bits per heavy atom. The Morgan fingerprint density at radius 2 is 2.00 bits per heavy atom. The predicted octanol–water partition coefficient (Wildman–Crippen LogP) is 3.32. The number of nitrogens with one attached hydrogen (secondary N) is 1. The van der Waals surface area contributed by atoms with E-state index >= 15 is 0 Å². The van der Waals surface area contributed by atoms with Gasteiger partial charge >= 0.3 is 5.97 Å². The molecule has 182 valence electrons. The molecule has 0 unspecified atom stereocenters. The van der Waals surface area contributed by atoms with Crippen LogP contribution in [0.1, 0.15) is 52.9 Å². The van der Waals surface area contributed by atoms with Crippen molar-refractivity contribution in [1.29, 1.82) is 0 Å². The fourth-order valence-corrected chi connectivity index (χ4v) is 4.27. The SMILES string of the molecule is COC(=O)c1ccc2c(=O)[nH]c(CSc3nnc(COc4cc(C)ccc4C(C)C)n3N)nc2c1. The predicted molar refractivity (Wildman–Crippen MR) is 133 cm³/mol. The third-order valence-electron chi connectivity index (χ3n) is 5.40. The number of hydrogen-bond donors (Lipinski definition) is 2. The number of H-pyrrole nitrogens is 1. The number of carbonyl (C=O) groups is 1. The van der Waals surface area contributed by atoms with Crippen molar-refractivity contribution in [2.75, 3.05) is 13.0 Å². The van der Waals surface area contributed by atoms with Crippen molar-refractivity contribution in [2.24, 2.45) is 0 Å². The summed E-state index contributed by atoms with van der Waals surface area (Å²) in [5, 5.41) is 9.11. The third-order valence-corrected chi connectivity index (χ3v) is 6.35. The highest BCUT2D eigenvalue weighted by Gasteiger charge is 2.15. The van der Waals surface area contributed by atoms with Crippen molar-refractivity contribution >= 4 is 28.6 Å². The number of carbonyl (C=O) groups excluding carboxylic acids is 1. The van der Waals surface area contributed by atoms with Crippen molar-refractivity contribution < 1.29 is 14.3 Å². The lowest BCUT2D eigenvalue weighted by molar-refractivity contribution is 0.0601. The van der Waals surface area contributed by atoms with E-state index in [4.69, 9.17) is 15.3 Å². The maximum absolute atomic E-state index is 12.5. The zero-order valence-electron chi connectivity index (χ0n) is 19.9. The highest BCUT2D eigenvalue weighted by molar-refractivity contribution is 7.98. The molecule has 2 aromatic heterocycles. The van der Waals surface area contributed by atoms with Crippen LogP contribution in [0, 0.1) is 6.92 Å². The van der Waals surface area contributed by atoms with Crippen LogP contribution in [0.5, 0.6) is 5.75 Å². The fraction of sp³-hybridized carbons (Fsp3) is 0.292. The summed E-state index contributed by atoms with van der Waals surface area (Å²) in [7, 11) is 1.30. The topological polar surface area (TPSA) is 138 Å². The minimum atomic E-state index is -0.498. The number of methoxy groups -OCH3 is 1. The molecule has 0 aliphatic carbocycles. The molecule has 4 rings (SSSR count). The van der Waals surface area contributed by atoms with Crippen LogP contribution in [0.25, 0.3) is 10.9 Å². The molecule has 2 aromatic carbocycles. The van der Waals surface area contributed by atoms with Gasteiger partial charge in [-0.1, -0.05) is 37.7 Å². The molecule has 0 aliphatic rings. The average Bonchev–Trinajstić information content (AvgIpc) is 3.19. The number of nitrogens with two attached hydrogens (primary N) is 1. The quantitative estimate of drug-likeness (QED) is 0.215. The summed E-state index contributed by atoms with van der Waals surface area (Å²) < 4.78 is 12.1. The number of fused-ring (bicyclic) bond motifs is 1. The summed E-state index contributed by atoms with van der Waals surface area (Å²) in [6, 6.07) is 10.7. The number of aryl methyl sites for hydroxylation is 1. The van der Waals surface area contributed by atoms with Crippen LogP contribution in [0.15, 0.2) is 46.3 Å². The van der Waals surface area contributed by atoms with Gasteiger partial charge in [-0.25, -0.2) is 14.5 Å². The van der Waals surface area contributed by atoms with Gasteiger partial charge in [0, 0.05) is 0 Å². The Balaban J connectivity index is 1.48. The summed E-state index contributed by atoms with van der Waals surface area (Å²) >= 11 is 1.27. The Hall–Kier alpha value is -3.86. The number of benzene rings is 2. The number of nitrogen functional groups attached to an aromatic ring is 1. The van der Waals surface area contributed by atoms with Gasteiger partial charge in [-0.3, -0.25) is 4.79 Å². The second kappa shape index (κ2) is 10.2. The van der Waals surface area contributed by atoms with Crippen LogP contribution < -0.4 is 16.1 Å². The number of aromatic nitrogens is 5. The summed E-state index contributed by atoms with van der Waals surface area (Å²) in [5.74, 6) is 7.97. The summed E-state index contributed by atoms with van der Waals surface area (Å²) in [6.45, 7) is 6.39. The van der Waals surface area contributed by atoms with Gasteiger partial charge in [0.1, 0.15) is 18.2 Å². The number of hydrogen-bond acceptors (Lipinski definition) is 9. The standard InChI is InChI=1S/C24H26N6O4S/c1-13(2)16-7-5-14(3)9-19(16)34-11-21-28-29-24(30(21)25)35-12-20-26-18-10-15(23(32)33-4)6-8-17(18)22(31)27-20/h5-10,13H,11-12,25H2,1-4H3,(H,26,27,31). The molecule has 0 atom stereocenters. The smallest absolute Gasteiger partial charge is 0.337 e. The maximum atomic E-state index is 12.5. The largest absolute Gasteiger partial charge is 0.485 e.